The zero-order chi connectivity index (χ0) is 23.9. The molecule has 0 aliphatic carbocycles. The number of fused-ring (bicyclic) bond motifs is 6. The maximum atomic E-state index is 6.27. The van der Waals surface area contributed by atoms with Crippen LogP contribution in [0.4, 0.5) is 0 Å². The van der Waals surface area contributed by atoms with Gasteiger partial charge < -0.3 is 13.7 Å². The second kappa shape index (κ2) is 7.20. The maximum absolute atomic E-state index is 6.27. The van der Waals surface area contributed by atoms with E-state index < -0.39 is 7.12 Å². The second-order valence-corrected chi connectivity index (χ2v) is 11.5. The first-order valence-corrected chi connectivity index (χ1v) is 12.8. The number of hydrogen-bond donors (Lipinski definition) is 0. The van der Waals surface area contributed by atoms with Crippen LogP contribution in [0.5, 0.6) is 0 Å². The van der Waals surface area contributed by atoms with Crippen LogP contribution < -0.4 is 5.46 Å². The highest BCUT2D eigenvalue weighted by Gasteiger charge is 2.51. The summed E-state index contributed by atoms with van der Waals surface area (Å²) in [5, 5.41) is 4.86. The van der Waals surface area contributed by atoms with Crippen molar-refractivity contribution in [2.75, 3.05) is 0 Å². The molecule has 0 bridgehead atoms. The first-order valence-electron chi connectivity index (χ1n) is 12.0. The average molecular weight is 476 g/mol. The molecular weight excluding hydrogens is 451 g/mol. The summed E-state index contributed by atoms with van der Waals surface area (Å²) in [5.41, 5.74) is 4.43. The molecule has 0 N–H and O–H groups in total. The van der Waals surface area contributed by atoms with Crippen molar-refractivity contribution in [2.24, 2.45) is 0 Å². The van der Waals surface area contributed by atoms with Crippen LogP contribution in [0.3, 0.4) is 0 Å². The smallest absolute Gasteiger partial charge is 0.456 e. The lowest BCUT2D eigenvalue weighted by Gasteiger charge is -2.32. The predicted molar refractivity (Wildman–Crippen MR) is 148 cm³/mol. The number of benzene rings is 4. The van der Waals surface area contributed by atoms with Gasteiger partial charge >= 0.3 is 7.12 Å². The van der Waals surface area contributed by atoms with Gasteiger partial charge in [0.05, 0.1) is 11.2 Å². The summed E-state index contributed by atoms with van der Waals surface area (Å²) in [4.78, 5) is 0. The molecule has 0 amide bonds. The van der Waals surface area contributed by atoms with E-state index in [2.05, 4.69) is 107 Å². The Labute approximate surface area is 208 Å². The lowest BCUT2D eigenvalue weighted by atomic mass is 9.79. The van der Waals surface area contributed by atoms with E-state index >= 15 is 0 Å². The normalized spacial score (nSPS) is 17.3. The zero-order valence-electron chi connectivity index (χ0n) is 20.2. The molecular formula is C30H25BO3S. The van der Waals surface area contributed by atoms with Crippen LogP contribution in [0, 0.1) is 0 Å². The minimum absolute atomic E-state index is 0.372. The fraction of sp³-hybridized carbons (Fsp3) is 0.200. The molecule has 0 radical (unpaired) electrons. The van der Waals surface area contributed by atoms with E-state index in [1.807, 2.05) is 11.3 Å². The summed E-state index contributed by atoms with van der Waals surface area (Å²) in [6, 6.07) is 28.0. The lowest BCUT2D eigenvalue weighted by Crippen LogP contribution is -2.41. The van der Waals surface area contributed by atoms with Gasteiger partial charge in [-0.2, -0.15) is 0 Å². The molecule has 0 unspecified atom stereocenters. The molecule has 2 aromatic heterocycles. The second-order valence-electron chi connectivity index (χ2n) is 10.4. The van der Waals surface area contributed by atoms with Gasteiger partial charge in [0.25, 0.3) is 0 Å². The molecule has 1 aliphatic rings. The van der Waals surface area contributed by atoms with Crippen LogP contribution in [0.1, 0.15) is 27.7 Å². The van der Waals surface area contributed by atoms with E-state index in [0.717, 1.165) is 27.4 Å². The minimum atomic E-state index is -0.404. The highest BCUT2D eigenvalue weighted by Crippen LogP contribution is 2.41. The fourth-order valence-corrected chi connectivity index (χ4v) is 6.30. The number of thiophene rings is 1. The van der Waals surface area contributed by atoms with Crippen molar-refractivity contribution in [1.82, 2.24) is 0 Å². The Hall–Kier alpha value is -3.12. The predicted octanol–water partition coefficient (Wildman–Crippen LogP) is 7.92. The average Bonchev–Trinajstić information content (AvgIpc) is 3.46. The third kappa shape index (κ3) is 3.12. The van der Waals surface area contributed by atoms with Gasteiger partial charge in [0, 0.05) is 30.9 Å². The standard InChI is InChI=1S/C30H25BO3S/c1-29(2)30(3,4)34-31(33-29)19-13-14-21-24-16-18(12-15-25(24)32-26(21)17-19)20-9-7-10-23-22-8-5-6-11-27(22)35-28(20)23/h5-17H,1-4H3. The molecule has 0 saturated carbocycles. The summed E-state index contributed by atoms with van der Waals surface area (Å²) in [7, 11) is -0.404. The minimum Gasteiger partial charge on any atom is -0.456 e. The quantitative estimate of drug-likeness (QED) is 0.238. The van der Waals surface area contributed by atoms with Gasteiger partial charge in [0.1, 0.15) is 11.2 Å². The van der Waals surface area contributed by atoms with Gasteiger partial charge in [-0.25, -0.2) is 0 Å². The van der Waals surface area contributed by atoms with Crippen molar-refractivity contribution in [3.8, 4) is 11.1 Å². The van der Waals surface area contributed by atoms with Gasteiger partial charge in [0.2, 0.25) is 0 Å². The summed E-state index contributed by atoms with van der Waals surface area (Å²) in [5.74, 6) is 0. The Kier molecular flexibility index (Phi) is 4.36. The number of hydrogen-bond acceptors (Lipinski definition) is 4. The summed E-state index contributed by atoms with van der Waals surface area (Å²) >= 11 is 1.86. The monoisotopic (exact) mass is 476 g/mol. The Bertz CT molecular complexity index is 1760. The van der Waals surface area contributed by atoms with Crippen molar-refractivity contribution < 1.29 is 13.7 Å². The summed E-state index contributed by atoms with van der Waals surface area (Å²) < 4.78 is 21.4. The van der Waals surface area contributed by atoms with Crippen LogP contribution in [0.15, 0.2) is 83.3 Å². The van der Waals surface area contributed by atoms with Crippen LogP contribution in [0.25, 0.3) is 53.2 Å². The van der Waals surface area contributed by atoms with Gasteiger partial charge in [-0.05, 0) is 68.6 Å². The molecule has 1 fully saturated rings. The highest BCUT2D eigenvalue weighted by molar-refractivity contribution is 7.26. The van der Waals surface area contributed by atoms with Crippen molar-refractivity contribution in [2.45, 2.75) is 38.9 Å². The van der Waals surface area contributed by atoms with Crippen LogP contribution in [-0.2, 0) is 9.31 Å². The Morgan fingerprint density at radius 1 is 0.657 bits per heavy atom. The van der Waals surface area contributed by atoms with Gasteiger partial charge in [-0.3, -0.25) is 0 Å². The first kappa shape index (κ1) is 21.2. The summed E-state index contributed by atoms with van der Waals surface area (Å²) in [6.07, 6.45) is 0. The van der Waals surface area contributed by atoms with Crippen molar-refractivity contribution in [3.63, 3.8) is 0 Å². The zero-order valence-corrected chi connectivity index (χ0v) is 21.0. The Morgan fingerprint density at radius 3 is 2.26 bits per heavy atom. The van der Waals surface area contributed by atoms with Crippen molar-refractivity contribution in [1.29, 1.82) is 0 Å². The molecule has 4 aromatic carbocycles. The van der Waals surface area contributed by atoms with Crippen molar-refractivity contribution in [3.05, 3.63) is 78.9 Å². The van der Waals surface area contributed by atoms with Crippen LogP contribution >= 0.6 is 11.3 Å². The molecule has 5 heteroatoms. The van der Waals surface area contributed by atoms with E-state index in [1.54, 1.807) is 0 Å². The molecule has 6 aromatic rings. The lowest BCUT2D eigenvalue weighted by molar-refractivity contribution is 0.00578. The van der Waals surface area contributed by atoms with Gasteiger partial charge in [-0.15, -0.1) is 11.3 Å². The van der Waals surface area contributed by atoms with E-state index in [-0.39, 0.29) is 11.2 Å². The van der Waals surface area contributed by atoms with Crippen LogP contribution in [-0.4, -0.2) is 18.3 Å². The molecule has 3 nitrogen and oxygen atoms in total. The Morgan fingerprint density at radius 2 is 1.43 bits per heavy atom. The third-order valence-corrected chi connectivity index (χ3v) is 8.96. The molecule has 3 heterocycles. The van der Waals surface area contributed by atoms with E-state index in [9.17, 15) is 0 Å². The van der Waals surface area contributed by atoms with Crippen LogP contribution in [0.2, 0.25) is 0 Å². The first-order chi connectivity index (χ1) is 16.8. The SMILES string of the molecule is CC1(C)OB(c2ccc3c(c2)oc2ccc(-c4cccc5c4sc4ccccc45)cc23)OC1(C)C. The van der Waals surface area contributed by atoms with E-state index in [0.29, 0.717) is 0 Å². The number of furan rings is 1. The van der Waals surface area contributed by atoms with Crippen molar-refractivity contribution >= 4 is 66.0 Å². The summed E-state index contributed by atoms with van der Waals surface area (Å²) in [6.45, 7) is 8.30. The molecule has 1 saturated heterocycles. The maximum Gasteiger partial charge on any atom is 0.494 e. The van der Waals surface area contributed by atoms with E-state index in [4.69, 9.17) is 13.7 Å². The van der Waals surface area contributed by atoms with Gasteiger partial charge in [-0.1, -0.05) is 54.6 Å². The van der Waals surface area contributed by atoms with E-state index in [1.165, 1.54) is 31.3 Å². The van der Waals surface area contributed by atoms with Gasteiger partial charge in [0.15, 0.2) is 0 Å². The molecule has 0 atom stereocenters. The molecule has 35 heavy (non-hydrogen) atoms. The highest BCUT2D eigenvalue weighted by atomic mass is 32.1. The molecule has 7 rings (SSSR count). The molecule has 172 valence electrons. The molecule has 0 spiro atoms. The third-order valence-electron chi connectivity index (χ3n) is 7.74. The Balaban J connectivity index is 1.34. The topological polar surface area (TPSA) is 31.6 Å². The molecule has 1 aliphatic heterocycles. The fourth-order valence-electron chi connectivity index (χ4n) is 5.06. The largest absolute Gasteiger partial charge is 0.494 e. The number of rotatable bonds is 2.